The van der Waals surface area contributed by atoms with Crippen LogP contribution in [0.5, 0.6) is 0 Å². The Bertz CT molecular complexity index is 329. The summed E-state index contributed by atoms with van der Waals surface area (Å²) in [5.74, 6) is 0.765. The Kier molecular flexibility index (Phi) is 3.34. The summed E-state index contributed by atoms with van der Waals surface area (Å²) in [6, 6.07) is 11.2. The second kappa shape index (κ2) is 4.58. The third-order valence-electron chi connectivity index (χ3n) is 3.66. The van der Waals surface area contributed by atoms with Gasteiger partial charge in [-0.3, -0.25) is 0 Å². The Morgan fingerprint density at radius 1 is 1.19 bits per heavy atom. The molecule has 16 heavy (non-hydrogen) atoms. The standard InChI is InChI=1S/C15H23N/c1-15(2)10-13(9-14(16)11-15)8-12-6-4-3-5-7-12/h3-7,13-14H,8-11,16H2,1-2H3/t13-,14+/m1/s1. The van der Waals surface area contributed by atoms with Gasteiger partial charge >= 0.3 is 0 Å². The second-order valence-electron chi connectivity index (χ2n) is 6.12. The molecule has 1 aromatic rings. The largest absolute Gasteiger partial charge is 0.328 e. The van der Waals surface area contributed by atoms with Gasteiger partial charge in [0, 0.05) is 6.04 Å². The SMILES string of the molecule is CC1(C)C[C@@H](N)C[C@@H](Cc2ccccc2)C1. The number of hydrogen-bond acceptors (Lipinski definition) is 1. The van der Waals surface area contributed by atoms with Crippen molar-refractivity contribution in [1.29, 1.82) is 0 Å². The first-order valence-corrected chi connectivity index (χ1v) is 6.35. The highest BCUT2D eigenvalue weighted by Gasteiger charge is 2.32. The van der Waals surface area contributed by atoms with E-state index in [1.54, 1.807) is 0 Å². The predicted molar refractivity (Wildman–Crippen MR) is 69.2 cm³/mol. The Hall–Kier alpha value is -0.820. The Labute approximate surface area is 99.0 Å². The maximum Gasteiger partial charge on any atom is 0.00466 e. The van der Waals surface area contributed by atoms with Gasteiger partial charge in [0.2, 0.25) is 0 Å². The zero-order valence-corrected chi connectivity index (χ0v) is 10.4. The van der Waals surface area contributed by atoms with Gasteiger partial charge in [0.25, 0.3) is 0 Å². The van der Waals surface area contributed by atoms with Crippen molar-refractivity contribution in [2.45, 2.75) is 45.6 Å². The molecule has 0 spiro atoms. The Balaban J connectivity index is 2.00. The Morgan fingerprint density at radius 3 is 2.50 bits per heavy atom. The van der Waals surface area contributed by atoms with Crippen LogP contribution in [-0.4, -0.2) is 6.04 Å². The maximum absolute atomic E-state index is 6.15. The van der Waals surface area contributed by atoms with Crippen LogP contribution in [0.3, 0.4) is 0 Å². The highest BCUT2D eigenvalue weighted by atomic mass is 14.7. The monoisotopic (exact) mass is 217 g/mol. The molecule has 0 saturated heterocycles. The van der Waals surface area contributed by atoms with E-state index in [0.29, 0.717) is 11.5 Å². The van der Waals surface area contributed by atoms with Crippen molar-refractivity contribution in [2.75, 3.05) is 0 Å². The minimum absolute atomic E-state index is 0.400. The normalized spacial score (nSPS) is 28.9. The van der Waals surface area contributed by atoms with Crippen LogP contribution in [0.1, 0.15) is 38.7 Å². The highest BCUT2D eigenvalue weighted by Crippen LogP contribution is 2.39. The molecule has 0 heterocycles. The molecule has 0 aromatic heterocycles. The number of hydrogen-bond donors (Lipinski definition) is 1. The molecule has 1 nitrogen and oxygen atoms in total. The van der Waals surface area contributed by atoms with E-state index in [0.717, 1.165) is 5.92 Å². The fourth-order valence-electron chi connectivity index (χ4n) is 3.27. The van der Waals surface area contributed by atoms with Crippen LogP contribution in [0, 0.1) is 11.3 Å². The van der Waals surface area contributed by atoms with E-state index in [2.05, 4.69) is 44.2 Å². The second-order valence-corrected chi connectivity index (χ2v) is 6.12. The summed E-state index contributed by atoms with van der Waals surface area (Å²) in [5.41, 5.74) is 8.04. The summed E-state index contributed by atoms with van der Waals surface area (Å²) in [6.45, 7) is 4.70. The van der Waals surface area contributed by atoms with E-state index in [-0.39, 0.29) is 0 Å². The van der Waals surface area contributed by atoms with Crippen LogP contribution in [0.4, 0.5) is 0 Å². The number of nitrogens with two attached hydrogens (primary N) is 1. The molecule has 2 atom stereocenters. The van der Waals surface area contributed by atoms with E-state index in [1.807, 2.05) is 0 Å². The minimum atomic E-state index is 0.400. The first kappa shape index (κ1) is 11.7. The molecular weight excluding hydrogens is 194 g/mol. The van der Waals surface area contributed by atoms with Gasteiger partial charge in [0.05, 0.1) is 0 Å². The lowest BCUT2D eigenvalue weighted by molar-refractivity contribution is 0.159. The number of benzene rings is 1. The molecular formula is C15H23N. The van der Waals surface area contributed by atoms with E-state index in [9.17, 15) is 0 Å². The zero-order chi connectivity index (χ0) is 11.6. The van der Waals surface area contributed by atoms with Crippen LogP contribution in [0.2, 0.25) is 0 Å². The molecule has 1 aliphatic carbocycles. The first-order chi connectivity index (χ1) is 7.55. The van der Waals surface area contributed by atoms with Gasteiger partial charge in [-0.2, -0.15) is 0 Å². The van der Waals surface area contributed by atoms with Crippen molar-refractivity contribution in [3.63, 3.8) is 0 Å². The average Bonchev–Trinajstić information content (AvgIpc) is 2.15. The quantitative estimate of drug-likeness (QED) is 0.807. The molecule has 1 aromatic carbocycles. The summed E-state index contributed by atoms with van der Waals surface area (Å²) >= 11 is 0. The lowest BCUT2D eigenvalue weighted by Gasteiger charge is -2.39. The molecule has 0 bridgehead atoms. The molecule has 1 fully saturated rings. The van der Waals surface area contributed by atoms with Gasteiger partial charge in [-0.1, -0.05) is 44.2 Å². The summed E-state index contributed by atoms with van der Waals surface area (Å²) in [5, 5.41) is 0. The first-order valence-electron chi connectivity index (χ1n) is 6.35. The fraction of sp³-hybridized carbons (Fsp3) is 0.600. The van der Waals surface area contributed by atoms with Gasteiger partial charge in [0.15, 0.2) is 0 Å². The summed E-state index contributed by atoms with van der Waals surface area (Å²) in [7, 11) is 0. The number of rotatable bonds is 2. The smallest absolute Gasteiger partial charge is 0.00466 e. The third-order valence-corrected chi connectivity index (χ3v) is 3.66. The van der Waals surface area contributed by atoms with E-state index >= 15 is 0 Å². The van der Waals surface area contributed by atoms with Crippen molar-refractivity contribution in [3.05, 3.63) is 35.9 Å². The fourth-order valence-corrected chi connectivity index (χ4v) is 3.27. The van der Waals surface area contributed by atoms with Crippen molar-refractivity contribution in [3.8, 4) is 0 Å². The highest BCUT2D eigenvalue weighted by molar-refractivity contribution is 5.15. The maximum atomic E-state index is 6.15. The van der Waals surface area contributed by atoms with Crippen molar-refractivity contribution in [2.24, 2.45) is 17.1 Å². The van der Waals surface area contributed by atoms with Gasteiger partial charge in [0.1, 0.15) is 0 Å². The van der Waals surface area contributed by atoms with Crippen LogP contribution >= 0.6 is 0 Å². The van der Waals surface area contributed by atoms with Crippen molar-refractivity contribution < 1.29 is 0 Å². The van der Waals surface area contributed by atoms with Crippen molar-refractivity contribution in [1.82, 2.24) is 0 Å². The van der Waals surface area contributed by atoms with Crippen LogP contribution in [0.25, 0.3) is 0 Å². The molecule has 1 saturated carbocycles. The third kappa shape index (κ3) is 3.08. The molecule has 0 unspecified atom stereocenters. The van der Waals surface area contributed by atoms with Crippen LogP contribution in [0.15, 0.2) is 30.3 Å². The summed E-state index contributed by atoms with van der Waals surface area (Å²) in [4.78, 5) is 0. The molecule has 0 amide bonds. The molecule has 0 radical (unpaired) electrons. The topological polar surface area (TPSA) is 26.0 Å². The average molecular weight is 217 g/mol. The lowest BCUT2D eigenvalue weighted by Crippen LogP contribution is -2.37. The molecule has 1 heteroatoms. The zero-order valence-electron chi connectivity index (χ0n) is 10.4. The van der Waals surface area contributed by atoms with Gasteiger partial charge in [-0.15, -0.1) is 0 Å². The summed E-state index contributed by atoms with van der Waals surface area (Å²) in [6.07, 6.45) is 4.88. The van der Waals surface area contributed by atoms with Gasteiger partial charge in [-0.05, 0) is 42.6 Å². The summed E-state index contributed by atoms with van der Waals surface area (Å²) < 4.78 is 0. The molecule has 0 aliphatic heterocycles. The molecule has 2 N–H and O–H groups in total. The van der Waals surface area contributed by atoms with Gasteiger partial charge in [-0.25, -0.2) is 0 Å². The minimum Gasteiger partial charge on any atom is -0.328 e. The van der Waals surface area contributed by atoms with Gasteiger partial charge < -0.3 is 5.73 Å². The Morgan fingerprint density at radius 2 is 1.88 bits per heavy atom. The predicted octanol–water partition coefficient (Wildman–Crippen LogP) is 3.38. The van der Waals surface area contributed by atoms with Crippen LogP contribution in [-0.2, 0) is 6.42 Å². The molecule has 88 valence electrons. The molecule has 1 aliphatic rings. The lowest BCUT2D eigenvalue weighted by atomic mass is 9.69. The van der Waals surface area contributed by atoms with E-state index in [4.69, 9.17) is 5.73 Å². The van der Waals surface area contributed by atoms with Crippen molar-refractivity contribution >= 4 is 0 Å². The molecule has 2 rings (SSSR count). The van der Waals surface area contributed by atoms with Crippen LogP contribution < -0.4 is 5.73 Å². The van der Waals surface area contributed by atoms with E-state index < -0.39 is 0 Å². The van der Waals surface area contributed by atoms with E-state index in [1.165, 1.54) is 31.2 Å².